The molecule has 1 unspecified atom stereocenters. The second kappa shape index (κ2) is 6.27. The molecule has 1 fully saturated rings. The van der Waals surface area contributed by atoms with Gasteiger partial charge in [0.05, 0.1) is 5.60 Å². The Hall–Kier alpha value is -1.55. The number of nitrogens with zero attached hydrogens (tertiary/aromatic N) is 1. The van der Waals surface area contributed by atoms with E-state index in [1.165, 1.54) is 0 Å². The van der Waals surface area contributed by atoms with Gasteiger partial charge in [-0.3, -0.25) is 4.79 Å². The molecule has 1 amide bonds. The topological polar surface area (TPSA) is 60.8 Å². The minimum atomic E-state index is -0.646. The molecule has 1 saturated heterocycles. The van der Waals surface area contributed by atoms with Crippen LogP contribution in [0.5, 0.6) is 5.75 Å². The van der Waals surface area contributed by atoms with E-state index in [9.17, 15) is 15.0 Å². The zero-order valence-electron chi connectivity index (χ0n) is 12.0. The molecule has 1 atom stereocenters. The number of hydrogen-bond donors (Lipinski definition) is 2. The Bertz CT molecular complexity index is 471. The summed E-state index contributed by atoms with van der Waals surface area (Å²) >= 11 is 0. The van der Waals surface area contributed by atoms with Gasteiger partial charge in [-0.1, -0.05) is 18.2 Å². The fourth-order valence-electron chi connectivity index (χ4n) is 2.63. The number of phenols is 1. The van der Waals surface area contributed by atoms with E-state index in [1.54, 1.807) is 12.1 Å². The van der Waals surface area contributed by atoms with Crippen molar-refractivity contribution in [2.75, 3.05) is 13.1 Å². The number of carbonyl (C=O) groups excluding carboxylic acids is 1. The number of hydrogen-bond acceptors (Lipinski definition) is 3. The Labute approximate surface area is 120 Å². The van der Waals surface area contributed by atoms with Crippen LogP contribution in [0.1, 0.15) is 38.2 Å². The van der Waals surface area contributed by atoms with E-state index in [1.807, 2.05) is 24.0 Å². The summed E-state index contributed by atoms with van der Waals surface area (Å²) in [5.74, 6) is 0.352. The molecule has 1 aromatic carbocycles. The first kappa shape index (κ1) is 14.9. The molecular formula is C16H23NO3. The molecular weight excluding hydrogens is 254 g/mol. The van der Waals surface area contributed by atoms with Crippen LogP contribution in [0.25, 0.3) is 0 Å². The molecule has 0 bridgehead atoms. The summed E-state index contributed by atoms with van der Waals surface area (Å²) in [5, 5.41) is 19.7. The lowest BCUT2D eigenvalue weighted by molar-refractivity contribution is -0.131. The SMILES string of the molecule is CC1(O)CCCN(C(=O)CCc2ccccc2O)CC1. The van der Waals surface area contributed by atoms with Crippen molar-refractivity contribution in [3.8, 4) is 5.75 Å². The number of rotatable bonds is 3. The quantitative estimate of drug-likeness (QED) is 0.889. The zero-order valence-corrected chi connectivity index (χ0v) is 12.0. The number of para-hydroxylation sites is 1. The third-order valence-corrected chi connectivity index (χ3v) is 4.02. The fraction of sp³-hybridized carbons (Fsp3) is 0.562. The predicted molar refractivity (Wildman–Crippen MR) is 77.5 cm³/mol. The molecule has 4 nitrogen and oxygen atoms in total. The van der Waals surface area contributed by atoms with Crippen LogP contribution in [-0.2, 0) is 11.2 Å². The third-order valence-electron chi connectivity index (χ3n) is 4.02. The largest absolute Gasteiger partial charge is 0.508 e. The highest BCUT2D eigenvalue weighted by molar-refractivity contribution is 5.76. The number of carbonyl (C=O) groups is 1. The van der Waals surface area contributed by atoms with Crippen LogP contribution in [0, 0.1) is 0 Å². The summed E-state index contributed by atoms with van der Waals surface area (Å²) in [4.78, 5) is 14.0. The van der Waals surface area contributed by atoms with Crippen LogP contribution in [0.2, 0.25) is 0 Å². The number of benzene rings is 1. The normalized spacial score (nSPS) is 23.4. The Morgan fingerprint density at radius 2 is 2.05 bits per heavy atom. The highest BCUT2D eigenvalue weighted by Gasteiger charge is 2.26. The maximum Gasteiger partial charge on any atom is 0.222 e. The summed E-state index contributed by atoms with van der Waals surface area (Å²) in [6.45, 7) is 3.17. The van der Waals surface area contributed by atoms with Crippen LogP contribution >= 0.6 is 0 Å². The highest BCUT2D eigenvalue weighted by Crippen LogP contribution is 2.22. The lowest BCUT2D eigenvalue weighted by Crippen LogP contribution is -2.33. The van der Waals surface area contributed by atoms with Gasteiger partial charge in [-0.15, -0.1) is 0 Å². The minimum Gasteiger partial charge on any atom is -0.508 e. The van der Waals surface area contributed by atoms with E-state index < -0.39 is 5.60 Å². The maximum absolute atomic E-state index is 12.2. The monoisotopic (exact) mass is 277 g/mol. The number of amides is 1. The number of likely N-dealkylation sites (tertiary alicyclic amines) is 1. The summed E-state index contributed by atoms with van der Waals surface area (Å²) < 4.78 is 0. The van der Waals surface area contributed by atoms with Crippen molar-refractivity contribution in [1.29, 1.82) is 0 Å². The van der Waals surface area contributed by atoms with Gasteiger partial charge in [0, 0.05) is 19.5 Å². The molecule has 4 heteroatoms. The van der Waals surface area contributed by atoms with Crippen molar-refractivity contribution in [2.24, 2.45) is 0 Å². The summed E-state index contributed by atoms with van der Waals surface area (Å²) in [6.07, 6.45) is 3.18. The molecule has 0 aliphatic carbocycles. The molecule has 1 aliphatic heterocycles. The molecule has 2 N–H and O–H groups in total. The van der Waals surface area contributed by atoms with E-state index in [0.29, 0.717) is 25.8 Å². The lowest BCUT2D eigenvalue weighted by Gasteiger charge is -2.22. The summed E-state index contributed by atoms with van der Waals surface area (Å²) in [6, 6.07) is 7.12. The molecule has 1 heterocycles. The minimum absolute atomic E-state index is 0.103. The second-order valence-electron chi connectivity index (χ2n) is 5.86. The van der Waals surface area contributed by atoms with Gasteiger partial charge in [0.2, 0.25) is 5.91 Å². The summed E-state index contributed by atoms with van der Waals surface area (Å²) in [7, 11) is 0. The van der Waals surface area contributed by atoms with E-state index in [2.05, 4.69) is 0 Å². The van der Waals surface area contributed by atoms with Crippen LogP contribution in [-0.4, -0.2) is 39.7 Å². The molecule has 2 rings (SSSR count). The van der Waals surface area contributed by atoms with Crippen LogP contribution in [0.15, 0.2) is 24.3 Å². The third kappa shape index (κ3) is 3.97. The first-order chi connectivity index (χ1) is 9.48. The predicted octanol–water partition coefficient (Wildman–Crippen LogP) is 2.09. The number of aromatic hydroxyl groups is 1. The van der Waals surface area contributed by atoms with Gasteiger partial charge in [-0.25, -0.2) is 0 Å². The average Bonchev–Trinajstić information content (AvgIpc) is 2.58. The van der Waals surface area contributed by atoms with Crippen molar-refractivity contribution in [3.63, 3.8) is 0 Å². The smallest absolute Gasteiger partial charge is 0.222 e. The van der Waals surface area contributed by atoms with Gasteiger partial charge in [-0.2, -0.15) is 0 Å². The molecule has 1 aromatic rings. The van der Waals surface area contributed by atoms with Crippen molar-refractivity contribution in [3.05, 3.63) is 29.8 Å². The number of aliphatic hydroxyl groups is 1. The van der Waals surface area contributed by atoms with Crippen molar-refractivity contribution >= 4 is 5.91 Å². The Kier molecular flexibility index (Phi) is 4.65. The molecule has 1 aliphatic rings. The van der Waals surface area contributed by atoms with Crippen LogP contribution < -0.4 is 0 Å². The van der Waals surface area contributed by atoms with E-state index >= 15 is 0 Å². The average molecular weight is 277 g/mol. The summed E-state index contributed by atoms with van der Waals surface area (Å²) in [5.41, 5.74) is 0.162. The lowest BCUT2D eigenvalue weighted by atomic mass is 9.98. The molecule has 0 spiro atoms. The van der Waals surface area contributed by atoms with Crippen molar-refractivity contribution in [2.45, 2.75) is 44.6 Å². The maximum atomic E-state index is 12.2. The molecule has 20 heavy (non-hydrogen) atoms. The van der Waals surface area contributed by atoms with Gasteiger partial charge in [0.1, 0.15) is 5.75 Å². The van der Waals surface area contributed by atoms with E-state index in [-0.39, 0.29) is 11.7 Å². The number of phenolic OH excluding ortho intramolecular Hbond substituents is 1. The Morgan fingerprint density at radius 1 is 1.30 bits per heavy atom. The Morgan fingerprint density at radius 3 is 2.80 bits per heavy atom. The van der Waals surface area contributed by atoms with Gasteiger partial charge >= 0.3 is 0 Å². The molecule has 110 valence electrons. The zero-order chi connectivity index (χ0) is 14.6. The number of aryl methyl sites for hydroxylation is 1. The Balaban J connectivity index is 1.87. The van der Waals surface area contributed by atoms with E-state index in [4.69, 9.17) is 0 Å². The van der Waals surface area contributed by atoms with Gasteiger partial charge in [0.25, 0.3) is 0 Å². The molecule has 0 radical (unpaired) electrons. The van der Waals surface area contributed by atoms with Crippen LogP contribution in [0.3, 0.4) is 0 Å². The van der Waals surface area contributed by atoms with Crippen molar-refractivity contribution in [1.82, 2.24) is 4.90 Å². The second-order valence-corrected chi connectivity index (χ2v) is 5.86. The molecule has 0 aromatic heterocycles. The van der Waals surface area contributed by atoms with Gasteiger partial charge in [0.15, 0.2) is 0 Å². The van der Waals surface area contributed by atoms with Crippen molar-refractivity contribution < 1.29 is 15.0 Å². The first-order valence-electron chi connectivity index (χ1n) is 7.25. The highest BCUT2D eigenvalue weighted by atomic mass is 16.3. The van der Waals surface area contributed by atoms with Gasteiger partial charge < -0.3 is 15.1 Å². The molecule has 0 saturated carbocycles. The van der Waals surface area contributed by atoms with Crippen LogP contribution in [0.4, 0.5) is 0 Å². The van der Waals surface area contributed by atoms with E-state index in [0.717, 1.165) is 24.9 Å². The first-order valence-corrected chi connectivity index (χ1v) is 7.25. The van der Waals surface area contributed by atoms with Gasteiger partial charge in [-0.05, 0) is 44.2 Å². The fourth-order valence-corrected chi connectivity index (χ4v) is 2.63. The standard InChI is InChI=1S/C16H23NO3/c1-16(20)9-4-11-17(12-10-16)15(19)8-7-13-5-2-3-6-14(13)18/h2-3,5-6,18,20H,4,7-12H2,1H3.